The lowest BCUT2D eigenvalue weighted by molar-refractivity contribution is -0.160. The van der Waals surface area contributed by atoms with E-state index >= 15 is 0 Å². The van der Waals surface area contributed by atoms with Gasteiger partial charge in [0.1, 0.15) is 11.2 Å². The fourth-order valence-electron chi connectivity index (χ4n) is 2.55. The normalized spacial score (nSPS) is 13.6. The van der Waals surface area contributed by atoms with Crippen molar-refractivity contribution in [1.29, 1.82) is 0 Å². The van der Waals surface area contributed by atoms with E-state index in [0.717, 1.165) is 5.56 Å². The highest BCUT2D eigenvalue weighted by Crippen LogP contribution is 2.23. The zero-order valence-corrected chi connectivity index (χ0v) is 20.1. The highest BCUT2D eigenvalue weighted by molar-refractivity contribution is 7.91. The smallest absolute Gasteiger partial charge is 0.407 e. The molecule has 1 aromatic carbocycles. The first kappa shape index (κ1) is 25.9. The molecule has 0 radical (unpaired) electrons. The maximum atomic E-state index is 12.9. The van der Waals surface area contributed by atoms with Gasteiger partial charge in [0.15, 0.2) is 9.84 Å². The van der Waals surface area contributed by atoms with Crippen LogP contribution in [0.25, 0.3) is 0 Å². The Labute approximate surface area is 180 Å². The number of alkyl carbamates (subject to hydrolysis) is 1. The van der Waals surface area contributed by atoms with Gasteiger partial charge in [-0.2, -0.15) is 0 Å². The van der Waals surface area contributed by atoms with Gasteiger partial charge in [-0.3, -0.25) is 4.79 Å². The summed E-state index contributed by atoms with van der Waals surface area (Å²) in [5, 5.41) is 2.63. The Morgan fingerprint density at radius 2 is 1.43 bits per heavy atom. The Hall–Kier alpha value is -2.09. The van der Waals surface area contributed by atoms with Gasteiger partial charge in [0.05, 0.1) is 16.6 Å². The van der Waals surface area contributed by atoms with Crippen LogP contribution in [0.4, 0.5) is 4.79 Å². The van der Waals surface area contributed by atoms with Crippen molar-refractivity contribution >= 4 is 21.9 Å². The second kappa shape index (κ2) is 9.81. The average molecular weight is 442 g/mol. The SMILES string of the molecule is CC(C)[C@@H](CS(=O)(=O)c1ccc(CNC(=O)OC(C)(C)C)cc1)C(=O)OC(C)(C)C. The van der Waals surface area contributed by atoms with Crippen molar-refractivity contribution in [2.24, 2.45) is 11.8 Å². The summed E-state index contributed by atoms with van der Waals surface area (Å²) in [5.74, 6) is -1.79. The van der Waals surface area contributed by atoms with Gasteiger partial charge in [0.2, 0.25) is 0 Å². The van der Waals surface area contributed by atoms with E-state index < -0.39 is 39.0 Å². The number of esters is 1. The van der Waals surface area contributed by atoms with Crippen LogP contribution in [0.5, 0.6) is 0 Å². The van der Waals surface area contributed by atoms with E-state index in [0.29, 0.717) is 0 Å². The third-order valence-electron chi connectivity index (χ3n) is 4.03. The molecule has 1 rings (SSSR count). The molecule has 0 bridgehead atoms. The molecule has 0 spiro atoms. The van der Waals surface area contributed by atoms with Crippen molar-refractivity contribution in [3.05, 3.63) is 29.8 Å². The lowest BCUT2D eigenvalue weighted by Crippen LogP contribution is -2.35. The Morgan fingerprint density at radius 1 is 0.933 bits per heavy atom. The molecule has 1 N–H and O–H groups in total. The van der Waals surface area contributed by atoms with Crippen LogP contribution in [0.2, 0.25) is 0 Å². The highest BCUT2D eigenvalue weighted by Gasteiger charge is 2.32. The molecule has 1 atom stereocenters. The van der Waals surface area contributed by atoms with Gasteiger partial charge < -0.3 is 14.8 Å². The van der Waals surface area contributed by atoms with Crippen LogP contribution in [0, 0.1) is 11.8 Å². The van der Waals surface area contributed by atoms with E-state index in [1.807, 2.05) is 0 Å². The van der Waals surface area contributed by atoms with Crippen LogP contribution in [-0.4, -0.2) is 37.4 Å². The number of carbonyl (C=O) groups is 2. The quantitative estimate of drug-likeness (QED) is 0.640. The van der Waals surface area contributed by atoms with Crippen molar-refractivity contribution in [3.8, 4) is 0 Å². The van der Waals surface area contributed by atoms with Gasteiger partial charge in [-0.05, 0) is 65.2 Å². The van der Waals surface area contributed by atoms with E-state index in [4.69, 9.17) is 9.47 Å². The molecule has 0 fully saturated rings. The Morgan fingerprint density at radius 3 is 1.87 bits per heavy atom. The van der Waals surface area contributed by atoms with Crippen molar-refractivity contribution in [1.82, 2.24) is 5.32 Å². The number of benzene rings is 1. The van der Waals surface area contributed by atoms with E-state index in [9.17, 15) is 18.0 Å². The summed E-state index contributed by atoms with van der Waals surface area (Å²) in [5.41, 5.74) is -0.549. The molecule has 30 heavy (non-hydrogen) atoms. The molecule has 0 saturated heterocycles. The Kier molecular flexibility index (Phi) is 8.49. The molecule has 0 aliphatic carbocycles. The maximum Gasteiger partial charge on any atom is 0.407 e. The Bertz CT molecular complexity index is 830. The number of carbonyl (C=O) groups excluding carboxylic acids is 2. The highest BCUT2D eigenvalue weighted by atomic mass is 32.2. The molecule has 1 aromatic rings. The number of ether oxygens (including phenoxy) is 2. The lowest BCUT2D eigenvalue weighted by atomic mass is 9.98. The number of rotatable bonds is 7. The fraction of sp³-hybridized carbons (Fsp3) is 0.636. The number of sulfone groups is 1. The third kappa shape index (κ3) is 9.15. The molecule has 0 saturated carbocycles. The summed E-state index contributed by atoms with van der Waals surface area (Å²) in [4.78, 5) is 24.3. The van der Waals surface area contributed by atoms with Gasteiger partial charge in [-0.1, -0.05) is 26.0 Å². The lowest BCUT2D eigenvalue weighted by Gasteiger charge is -2.25. The molecule has 0 aliphatic heterocycles. The van der Waals surface area contributed by atoms with Crippen LogP contribution in [0.3, 0.4) is 0 Å². The topological polar surface area (TPSA) is 98.8 Å². The van der Waals surface area contributed by atoms with E-state index in [2.05, 4.69) is 5.32 Å². The van der Waals surface area contributed by atoms with E-state index in [1.165, 1.54) is 12.1 Å². The largest absolute Gasteiger partial charge is 0.460 e. The van der Waals surface area contributed by atoms with Crippen LogP contribution < -0.4 is 5.32 Å². The maximum absolute atomic E-state index is 12.9. The van der Waals surface area contributed by atoms with Crippen LogP contribution >= 0.6 is 0 Å². The molecule has 8 heteroatoms. The van der Waals surface area contributed by atoms with Gasteiger partial charge >= 0.3 is 12.1 Å². The van der Waals surface area contributed by atoms with Gasteiger partial charge in [-0.15, -0.1) is 0 Å². The molecule has 0 aromatic heterocycles. The van der Waals surface area contributed by atoms with Crippen molar-refractivity contribution in [2.45, 2.75) is 78.0 Å². The van der Waals surface area contributed by atoms with Crippen LogP contribution in [0.15, 0.2) is 29.2 Å². The zero-order chi connectivity index (χ0) is 23.3. The number of hydrogen-bond acceptors (Lipinski definition) is 6. The molecule has 7 nitrogen and oxygen atoms in total. The standard InChI is InChI=1S/C22H35NO6S/c1-15(2)18(19(24)28-21(3,4)5)14-30(26,27)17-11-9-16(10-12-17)13-23-20(25)29-22(6,7)8/h9-12,15,18H,13-14H2,1-8H3,(H,23,25)/t18-/m1/s1. The molecule has 170 valence electrons. The van der Waals surface area contributed by atoms with Crippen molar-refractivity contribution < 1.29 is 27.5 Å². The Balaban J connectivity index is 2.84. The third-order valence-corrected chi connectivity index (χ3v) is 5.82. The first-order valence-corrected chi connectivity index (χ1v) is 11.7. The summed E-state index contributed by atoms with van der Waals surface area (Å²) in [7, 11) is -3.69. The summed E-state index contributed by atoms with van der Waals surface area (Å²) in [6, 6.07) is 6.21. The van der Waals surface area contributed by atoms with Gasteiger partial charge in [0, 0.05) is 6.54 Å². The van der Waals surface area contributed by atoms with Gasteiger partial charge in [-0.25, -0.2) is 13.2 Å². The second-order valence-electron chi connectivity index (χ2n) is 9.66. The molecule has 0 unspecified atom stereocenters. The first-order valence-electron chi connectivity index (χ1n) is 10.0. The molecule has 0 aliphatic rings. The second-order valence-corrected chi connectivity index (χ2v) is 11.7. The summed E-state index contributed by atoms with van der Waals surface area (Å²) < 4.78 is 36.3. The average Bonchev–Trinajstić information content (AvgIpc) is 2.55. The summed E-state index contributed by atoms with van der Waals surface area (Å²) in [6.07, 6.45) is -0.545. The molecule has 0 heterocycles. The zero-order valence-electron chi connectivity index (χ0n) is 19.2. The van der Waals surface area contributed by atoms with E-state index in [1.54, 1.807) is 67.5 Å². The minimum atomic E-state index is -3.69. The minimum Gasteiger partial charge on any atom is -0.460 e. The van der Waals surface area contributed by atoms with Gasteiger partial charge in [0.25, 0.3) is 0 Å². The summed E-state index contributed by atoms with van der Waals surface area (Å²) >= 11 is 0. The van der Waals surface area contributed by atoms with Crippen molar-refractivity contribution in [2.75, 3.05) is 5.75 Å². The molecular weight excluding hydrogens is 406 g/mol. The van der Waals surface area contributed by atoms with E-state index in [-0.39, 0.29) is 23.1 Å². The first-order chi connectivity index (χ1) is 13.5. The minimum absolute atomic E-state index is 0.123. The predicted octanol–water partition coefficient (Wildman–Crippen LogP) is 4.10. The number of hydrogen-bond donors (Lipinski definition) is 1. The predicted molar refractivity (Wildman–Crippen MR) is 116 cm³/mol. The van der Waals surface area contributed by atoms with Crippen LogP contribution in [-0.2, 0) is 30.7 Å². The van der Waals surface area contributed by atoms with Crippen LogP contribution in [0.1, 0.15) is 61.0 Å². The number of amides is 1. The fourth-order valence-corrected chi connectivity index (χ4v) is 4.28. The summed E-state index contributed by atoms with van der Waals surface area (Å²) in [6.45, 7) is 14.4. The molecule has 1 amide bonds. The number of nitrogens with one attached hydrogen (secondary N) is 1. The van der Waals surface area contributed by atoms with Crippen molar-refractivity contribution in [3.63, 3.8) is 0 Å². The monoisotopic (exact) mass is 441 g/mol. The molecular formula is C22H35NO6S.